The van der Waals surface area contributed by atoms with Crippen LogP contribution in [-0.4, -0.2) is 74.9 Å². The molecule has 1 aliphatic heterocycles. The fourth-order valence-electron chi connectivity index (χ4n) is 4.20. The molecule has 0 fully saturated rings. The summed E-state index contributed by atoms with van der Waals surface area (Å²) in [6.07, 6.45) is 0.286. The fourth-order valence-corrected chi connectivity index (χ4v) is 5.38. The molecule has 4 rings (SSSR count). The minimum absolute atomic E-state index is 0.0718. The van der Waals surface area contributed by atoms with Crippen molar-refractivity contribution in [3.63, 3.8) is 0 Å². The second-order valence-electron chi connectivity index (χ2n) is 8.94. The first kappa shape index (κ1) is 28.0. The summed E-state index contributed by atoms with van der Waals surface area (Å²) in [4.78, 5) is 10.6. The standard InChI is InChI=1S/C25H29ClF2N6O3S/c1-33(2)38(35,36)22-7-5-4-6-19(22)30-24-18(26)14-29-25(32-24)31-20-12-16-8-10-34(15-23(27)28)11-9-17(16)13-21(20)37-3/h4-7,12-14,23H,8-11,15H2,1-3H3,(H2,29,30,31,32). The van der Waals surface area contributed by atoms with Gasteiger partial charge in [-0.15, -0.1) is 0 Å². The number of alkyl halides is 2. The molecule has 38 heavy (non-hydrogen) atoms. The van der Waals surface area contributed by atoms with Crippen LogP contribution in [0.15, 0.2) is 47.5 Å². The third-order valence-electron chi connectivity index (χ3n) is 6.20. The molecule has 0 unspecified atom stereocenters. The van der Waals surface area contributed by atoms with Gasteiger partial charge >= 0.3 is 0 Å². The lowest BCUT2D eigenvalue weighted by Gasteiger charge is -2.18. The van der Waals surface area contributed by atoms with E-state index in [2.05, 4.69) is 20.6 Å². The number of nitrogens with zero attached hydrogens (tertiary/aromatic N) is 4. The van der Waals surface area contributed by atoms with Crippen LogP contribution in [0.4, 0.5) is 31.9 Å². The number of sulfonamides is 1. The second-order valence-corrected chi connectivity index (χ2v) is 11.5. The molecule has 2 heterocycles. The summed E-state index contributed by atoms with van der Waals surface area (Å²) in [5.74, 6) is 0.972. The fraction of sp³-hybridized carbons (Fsp3) is 0.360. The van der Waals surface area contributed by atoms with Gasteiger partial charge in [0.1, 0.15) is 15.7 Å². The highest BCUT2D eigenvalue weighted by Gasteiger charge is 2.22. The molecule has 0 amide bonds. The molecule has 0 radical (unpaired) electrons. The van der Waals surface area contributed by atoms with E-state index in [1.54, 1.807) is 30.2 Å². The first-order valence-corrected chi connectivity index (χ1v) is 13.7. The zero-order valence-corrected chi connectivity index (χ0v) is 22.8. The second kappa shape index (κ2) is 11.8. The van der Waals surface area contributed by atoms with E-state index in [9.17, 15) is 17.2 Å². The van der Waals surface area contributed by atoms with E-state index in [0.717, 1.165) is 15.4 Å². The van der Waals surface area contributed by atoms with Crippen molar-refractivity contribution in [1.82, 2.24) is 19.2 Å². The average Bonchev–Trinajstić information content (AvgIpc) is 3.07. The van der Waals surface area contributed by atoms with Crippen LogP contribution in [-0.2, 0) is 22.9 Å². The van der Waals surface area contributed by atoms with Gasteiger partial charge in [0.2, 0.25) is 16.0 Å². The molecule has 0 saturated heterocycles. The van der Waals surface area contributed by atoms with Crippen molar-refractivity contribution in [2.45, 2.75) is 24.2 Å². The zero-order chi connectivity index (χ0) is 27.4. The van der Waals surface area contributed by atoms with E-state index in [1.807, 2.05) is 12.1 Å². The Balaban J connectivity index is 1.61. The quantitative estimate of drug-likeness (QED) is 0.389. The van der Waals surface area contributed by atoms with Gasteiger partial charge in [0.25, 0.3) is 6.43 Å². The third kappa shape index (κ3) is 6.32. The number of hydrogen-bond donors (Lipinski definition) is 2. The summed E-state index contributed by atoms with van der Waals surface area (Å²) in [6.45, 7) is 0.834. The molecule has 9 nitrogen and oxygen atoms in total. The molecule has 3 aromatic rings. The molecule has 0 bridgehead atoms. The molecule has 1 aliphatic rings. The van der Waals surface area contributed by atoms with Gasteiger partial charge in [-0.2, -0.15) is 4.98 Å². The number of hydrogen-bond acceptors (Lipinski definition) is 8. The van der Waals surface area contributed by atoms with E-state index in [-0.39, 0.29) is 28.2 Å². The maximum absolute atomic E-state index is 12.9. The lowest BCUT2D eigenvalue weighted by atomic mass is 10.0. The number of fused-ring (bicyclic) bond motifs is 1. The molecule has 2 N–H and O–H groups in total. The van der Waals surface area contributed by atoms with Gasteiger partial charge in [0, 0.05) is 27.2 Å². The predicted octanol–water partition coefficient (Wildman–Crippen LogP) is 4.54. The number of rotatable bonds is 9. The van der Waals surface area contributed by atoms with Gasteiger partial charge in [-0.25, -0.2) is 26.5 Å². The normalized spacial score (nSPS) is 14.3. The van der Waals surface area contributed by atoms with Crippen LogP contribution in [0.25, 0.3) is 0 Å². The van der Waals surface area contributed by atoms with Gasteiger partial charge in [-0.05, 0) is 48.2 Å². The number of halogens is 3. The lowest BCUT2D eigenvalue weighted by Crippen LogP contribution is -2.31. The van der Waals surface area contributed by atoms with Crippen molar-refractivity contribution in [3.8, 4) is 5.75 Å². The van der Waals surface area contributed by atoms with Crippen LogP contribution in [0.5, 0.6) is 5.75 Å². The Hall–Kier alpha value is -3.06. The van der Waals surface area contributed by atoms with Crippen molar-refractivity contribution < 1.29 is 21.9 Å². The van der Waals surface area contributed by atoms with E-state index in [1.165, 1.54) is 26.4 Å². The summed E-state index contributed by atoms with van der Waals surface area (Å²) < 4.78 is 58.0. The smallest absolute Gasteiger partial charge is 0.251 e. The number of nitrogens with one attached hydrogen (secondary N) is 2. The average molecular weight is 567 g/mol. The minimum Gasteiger partial charge on any atom is -0.495 e. The summed E-state index contributed by atoms with van der Waals surface area (Å²) in [5.41, 5.74) is 2.99. The third-order valence-corrected chi connectivity index (χ3v) is 8.35. The number of methoxy groups -OCH3 is 1. The van der Waals surface area contributed by atoms with Crippen LogP contribution in [0.1, 0.15) is 11.1 Å². The molecule has 0 saturated carbocycles. The number of aromatic nitrogens is 2. The van der Waals surface area contributed by atoms with Gasteiger partial charge in [-0.3, -0.25) is 4.90 Å². The van der Waals surface area contributed by atoms with Gasteiger partial charge < -0.3 is 15.4 Å². The lowest BCUT2D eigenvalue weighted by molar-refractivity contribution is 0.0904. The van der Waals surface area contributed by atoms with Crippen molar-refractivity contribution >= 4 is 44.8 Å². The van der Waals surface area contributed by atoms with Crippen molar-refractivity contribution in [1.29, 1.82) is 0 Å². The SMILES string of the molecule is COc1cc2c(cc1Nc1ncc(Cl)c(Nc3ccccc3S(=O)(=O)N(C)C)n1)CCN(CC(F)F)CC2. The van der Waals surface area contributed by atoms with E-state index >= 15 is 0 Å². The molecule has 0 aliphatic carbocycles. The highest BCUT2D eigenvalue weighted by molar-refractivity contribution is 7.89. The molecule has 204 valence electrons. The van der Waals surface area contributed by atoms with Crippen LogP contribution in [0.3, 0.4) is 0 Å². The number of para-hydroxylation sites is 1. The number of benzene rings is 2. The maximum atomic E-state index is 12.9. The molecule has 1 aromatic heterocycles. The topological polar surface area (TPSA) is 99.7 Å². The van der Waals surface area contributed by atoms with E-state index in [0.29, 0.717) is 43.1 Å². The Morgan fingerprint density at radius 3 is 2.45 bits per heavy atom. The molecule has 0 atom stereocenters. The number of anilines is 4. The first-order chi connectivity index (χ1) is 18.1. The Bertz CT molecular complexity index is 1410. The summed E-state index contributed by atoms with van der Waals surface area (Å²) in [7, 11) is 0.731. The largest absolute Gasteiger partial charge is 0.495 e. The summed E-state index contributed by atoms with van der Waals surface area (Å²) in [6, 6.07) is 10.3. The van der Waals surface area contributed by atoms with Crippen molar-refractivity contribution in [2.75, 3.05) is 51.5 Å². The minimum atomic E-state index is -3.72. The van der Waals surface area contributed by atoms with Crippen molar-refractivity contribution in [3.05, 3.63) is 58.7 Å². The summed E-state index contributed by atoms with van der Waals surface area (Å²) in [5, 5.41) is 6.35. The zero-order valence-electron chi connectivity index (χ0n) is 21.2. The van der Waals surface area contributed by atoms with Gasteiger partial charge in [0.15, 0.2) is 5.82 Å². The highest BCUT2D eigenvalue weighted by Crippen LogP contribution is 2.34. The molecular weight excluding hydrogens is 538 g/mol. The van der Waals surface area contributed by atoms with Crippen LogP contribution in [0, 0.1) is 0 Å². The van der Waals surface area contributed by atoms with E-state index in [4.69, 9.17) is 16.3 Å². The Labute approximate surface area is 225 Å². The number of ether oxygens (including phenoxy) is 1. The highest BCUT2D eigenvalue weighted by atomic mass is 35.5. The Kier molecular flexibility index (Phi) is 8.66. The Morgan fingerprint density at radius 1 is 1.11 bits per heavy atom. The van der Waals surface area contributed by atoms with Crippen LogP contribution in [0.2, 0.25) is 5.02 Å². The van der Waals surface area contributed by atoms with Crippen molar-refractivity contribution in [2.24, 2.45) is 0 Å². The van der Waals surface area contributed by atoms with Gasteiger partial charge in [0.05, 0.1) is 31.2 Å². The van der Waals surface area contributed by atoms with Crippen LogP contribution >= 0.6 is 11.6 Å². The van der Waals surface area contributed by atoms with Gasteiger partial charge in [-0.1, -0.05) is 23.7 Å². The Morgan fingerprint density at radius 2 is 1.79 bits per heavy atom. The molecule has 2 aromatic carbocycles. The first-order valence-electron chi connectivity index (χ1n) is 11.9. The maximum Gasteiger partial charge on any atom is 0.251 e. The van der Waals surface area contributed by atoms with Crippen LogP contribution < -0.4 is 15.4 Å². The molecular formula is C25H29ClF2N6O3S. The molecule has 13 heteroatoms. The monoisotopic (exact) mass is 566 g/mol. The molecule has 0 spiro atoms. The predicted molar refractivity (Wildman–Crippen MR) is 144 cm³/mol. The van der Waals surface area contributed by atoms with E-state index < -0.39 is 16.4 Å². The summed E-state index contributed by atoms with van der Waals surface area (Å²) >= 11 is 6.34.